The minimum atomic E-state index is 0.528. The van der Waals surface area contributed by atoms with Gasteiger partial charge in [0, 0.05) is 17.5 Å². The van der Waals surface area contributed by atoms with Gasteiger partial charge in [0.25, 0.3) is 0 Å². The lowest BCUT2D eigenvalue weighted by Gasteiger charge is -2.19. The molecule has 1 N–H and O–H groups in total. The molecule has 1 unspecified atom stereocenters. The molecule has 2 aromatic rings. The van der Waals surface area contributed by atoms with Crippen molar-refractivity contribution in [3.05, 3.63) is 57.3 Å². The summed E-state index contributed by atoms with van der Waals surface area (Å²) in [6.07, 6.45) is 6.31. The molecule has 1 aliphatic carbocycles. The Bertz CT molecular complexity index is 558. The van der Waals surface area contributed by atoms with Crippen LogP contribution in [-0.4, -0.2) is 0 Å². The van der Waals surface area contributed by atoms with Crippen molar-refractivity contribution in [3.63, 3.8) is 0 Å². The van der Waals surface area contributed by atoms with E-state index in [0.717, 1.165) is 13.0 Å². The van der Waals surface area contributed by atoms with E-state index in [0.29, 0.717) is 6.04 Å². The standard InChI is InChI=1S/C18H23NS/c1-2-14-11-12-20-18(14)13-19-17-10-6-4-8-15-7-3-5-9-16(15)17/h3,5,7,9,11-12,17,19H,2,4,6,8,10,13H2,1H3. The second-order valence-corrected chi connectivity index (χ2v) is 6.60. The molecule has 2 heteroatoms. The smallest absolute Gasteiger partial charge is 0.0326 e. The van der Waals surface area contributed by atoms with Crippen molar-refractivity contribution < 1.29 is 0 Å². The zero-order chi connectivity index (χ0) is 13.8. The topological polar surface area (TPSA) is 12.0 Å². The van der Waals surface area contributed by atoms with E-state index in [4.69, 9.17) is 0 Å². The van der Waals surface area contributed by atoms with Gasteiger partial charge in [0.1, 0.15) is 0 Å². The molecule has 3 rings (SSSR count). The molecule has 0 amide bonds. The quantitative estimate of drug-likeness (QED) is 0.790. The largest absolute Gasteiger partial charge is 0.305 e. The molecule has 1 aliphatic rings. The maximum absolute atomic E-state index is 3.81. The molecule has 0 bridgehead atoms. The van der Waals surface area contributed by atoms with Crippen molar-refractivity contribution in [2.24, 2.45) is 0 Å². The second kappa shape index (κ2) is 6.55. The van der Waals surface area contributed by atoms with E-state index in [9.17, 15) is 0 Å². The van der Waals surface area contributed by atoms with E-state index in [1.54, 1.807) is 5.56 Å². The fraction of sp³-hybridized carbons (Fsp3) is 0.444. The summed E-state index contributed by atoms with van der Waals surface area (Å²) in [5, 5.41) is 6.02. The van der Waals surface area contributed by atoms with E-state index in [1.165, 1.54) is 41.7 Å². The molecule has 0 aliphatic heterocycles. The summed E-state index contributed by atoms with van der Waals surface area (Å²) in [5.74, 6) is 0. The second-order valence-electron chi connectivity index (χ2n) is 5.60. The Hall–Kier alpha value is -1.12. The highest BCUT2D eigenvalue weighted by molar-refractivity contribution is 7.10. The van der Waals surface area contributed by atoms with Crippen molar-refractivity contribution in [3.8, 4) is 0 Å². The number of hydrogen-bond acceptors (Lipinski definition) is 2. The highest BCUT2D eigenvalue weighted by Crippen LogP contribution is 2.29. The minimum Gasteiger partial charge on any atom is -0.305 e. The van der Waals surface area contributed by atoms with Crippen LogP contribution < -0.4 is 5.32 Å². The van der Waals surface area contributed by atoms with E-state index in [2.05, 4.69) is 48.0 Å². The number of hydrogen-bond donors (Lipinski definition) is 1. The first-order valence-corrected chi connectivity index (χ1v) is 8.63. The summed E-state index contributed by atoms with van der Waals surface area (Å²) in [6.45, 7) is 3.26. The van der Waals surface area contributed by atoms with E-state index >= 15 is 0 Å². The maximum Gasteiger partial charge on any atom is 0.0326 e. The Kier molecular flexibility index (Phi) is 4.54. The first-order valence-electron chi connectivity index (χ1n) is 7.75. The summed E-state index contributed by atoms with van der Waals surface area (Å²) in [5.41, 5.74) is 4.58. The van der Waals surface area contributed by atoms with Gasteiger partial charge in [-0.25, -0.2) is 0 Å². The minimum absolute atomic E-state index is 0.528. The van der Waals surface area contributed by atoms with Crippen LogP contribution in [0.5, 0.6) is 0 Å². The lowest BCUT2D eigenvalue weighted by molar-refractivity contribution is 0.490. The van der Waals surface area contributed by atoms with Crippen molar-refractivity contribution in [2.45, 2.75) is 51.6 Å². The number of thiophene rings is 1. The molecular weight excluding hydrogens is 262 g/mol. The summed E-state index contributed by atoms with van der Waals surface area (Å²) < 4.78 is 0. The zero-order valence-corrected chi connectivity index (χ0v) is 13.0. The summed E-state index contributed by atoms with van der Waals surface area (Å²) >= 11 is 1.89. The first kappa shape index (κ1) is 13.8. The molecular formula is C18H23NS. The van der Waals surface area contributed by atoms with Crippen molar-refractivity contribution in [1.82, 2.24) is 5.32 Å². The SMILES string of the molecule is CCc1ccsc1CNC1CCCCc2ccccc21. The number of aryl methyl sites for hydroxylation is 2. The van der Waals surface area contributed by atoms with Crippen LogP contribution in [0.1, 0.15) is 53.8 Å². The van der Waals surface area contributed by atoms with Gasteiger partial charge in [-0.2, -0.15) is 0 Å². The van der Waals surface area contributed by atoms with Gasteiger partial charge in [-0.1, -0.05) is 37.6 Å². The summed E-state index contributed by atoms with van der Waals surface area (Å²) in [4.78, 5) is 1.51. The highest BCUT2D eigenvalue weighted by atomic mass is 32.1. The van der Waals surface area contributed by atoms with Gasteiger partial charge >= 0.3 is 0 Å². The highest BCUT2D eigenvalue weighted by Gasteiger charge is 2.18. The molecule has 20 heavy (non-hydrogen) atoms. The number of fused-ring (bicyclic) bond motifs is 1. The number of nitrogens with one attached hydrogen (secondary N) is 1. The summed E-state index contributed by atoms with van der Waals surface area (Å²) in [7, 11) is 0. The normalized spacial score (nSPS) is 18.6. The maximum atomic E-state index is 3.81. The van der Waals surface area contributed by atoms with Gasteiger partial charge in [0.2, 0.25) is 0 Å². The number of rotatable bonds is 4. The molecule has 0 saturated carbocycles. The van der Waals surface area contributed by atoms with Gasteiger partial charge in [0.15, 0.2) is 0 Å². The van der Waals surface area contributed by atoms with Crippen LogP contribution in [-0.2, 0) is 19.4 Å². The van der Waals surface area contributed by atoms with Crippen LogP contribution in [0.2, 0.25) is 0 Å². The average molecular weight is 285 g/mol. The average Bonchev–Trinajstić information content (AvgIpc) is 2.85. The molecule has 1 heterocycles. The Labute approximate surface area is 126 Å². The third-order valence-electron chi connectivity index (χ3n) is 4.35. The van der Waals surface area contributed by atoms with Gasteiger partial charge in [-0.3, -0.25) is 0 Å². The monoisotopic (exact) mass is 285 g/mol. The van der Waals surface area contributed by atoms with E-state index in [-0.39, 0.29) is 0 Å². The molecule has 1 aromatic heterocycles. The molecule has 1 nitrogen and oxygen atoms in total. The Morgan fingerprint density at radius 2 is 2.10 bits per heavy atom. The Morgan fingerprint density at radius 1 is 1.20 bits per heavy atom. The molecule has 1 atom stereocenters. The van der Waals surface area contributed by atoms with Crippen LogP contribution in [0, 0.1) is 0 Å². The van der Waals surface area contributed by atoms with Crippen molar-refractivity contribution >= 4 is 11.3 Å². The van der Waals surface area contributed by atoms with Crippen molar-refractivity contribution in [2.75, 3.05) is 0 Å². The third kappa shape index (κ3) is 2.97. The Morgan fingerprint density at radius 3 is 3.00 bits per heavy atom. The molecule has 106 valence electrons. The van der Waals surface area contributed by atoms with Crippen molar-refractivity contribution in [1.29, 1.82) is 0 Å². The zero-order valence-electron chi connectivity index (χ0n) is 12.2. The fourth-order valence-electron chi connectivity index (χ4n) is 3.19. The molecule has 0 spiro atoms. The van der Waals surface area contributed by atoms with E-state index in [1.807, 2.05) is 11.3 Å². The number of benzene rings is 1. The predicted molar refractivity (Wildman–Crippen MR) is 87.3 cm³/mol. The van der Waals surface area contributed by atoms with Crippen LogP contribution >= 0.6 is 11.3 Å². The molecule has 0 radical (unpaired) electrons. The van der Waals surface area contributed by atoms with Crippen LogP contribution in [0.4, 0.5) is 0 Å². The van der Waals surface area contributed by atoms with Crippen LogP contribution in [0.3, 0.4) is 0 Å². The Balaban J connectivity index is 1.74. The lowest BCUT2D eigenvalue weighted by atomic mass is 9.99. The van der Waals surface area contributed by atoms with Gasteiger partial charge in [0.05, 0.1) is 0 Å². The van der Waals surface area contributed by atoms with Crippen LogP contribution in [0.15, 0.2) is 35.7 Å². The molecule has 1 aromatic carbocycles. The van der Waals surface area contributed by atoms with Gasteiger partial charge < -0.3 is 5.32 Å². The lowest BCUT2D eigenvalue weighted by Crippen LogP contribution is -2.21. The van der Waals surface area contributed by atoms with Gasteiger partial charge in [-0.05, 0) is 53.8 Å². The van der Waals surface area contributed by atoms with E-state index < -0.39 is 0 Å². The molecule has 0 fully saturated rings. The molecule has 0 saturated heterocycles. The van der Waals surface area contributed by atoms with Gasteiger partial charge in [-0.15, -0.1) is 11.3 Å². The predicted octanol–water partition coefficient (Wildman–Crippen LogP) is 4.87. The first-order chi connectivity index (χ1) is 9.88. The summed E-state index contributed by atoms with van der Waals surface area (Å²) in [6, 6.07) is 11.8. The third-order valence-corrected chi connectivity index (χ3v) is 5.31. The fourth-order valence-corrected chi connectivity index (χ4v) is 4.11. The van der Waals surface area contributed by atoms with Crippen LogP contribution in [0.25, 0.3) is 0 Å².